The maximum atomic E-state index is 11.3. The van der Waals surface area contributed by atoms with Crippen molar-refractivity contribution in [1.29, 1.82) is 0 Å². The molecule has 0 aliphatic heterocycles. The van der Waals surface area contributed by atoms with Gasteiger partial charge in [0.15, 0.2) is 0 Å². The van der Waals surface area contributed by atoms with E-state index in [4.69, 9.17) is 5.73 Å². The van der Waals surface area contributed by atoms with Crippen molar-refractivity contribution in [2.45, 2.75) is 13.0 Å². The molecule has 2 N–H and O–H groups in total. The van der Waals surface area contributed by atoms with Gasteiger partial charge in [-0.15, -0.1) is 0 Å². The predicted octanol–water partition coefficient (Wildman–Crippen LogP) is 4.13. The minimum absolute atomic E-state index is 0.400. The van der Waals surface area contributed by atoms with E-state index in [0.29, 0.717) is 5.56 Å². The highest BCUT2D eigenvalue weighted by Gasteiger charge is 2.05. The molecule has 1 amide bonds. The van der Waals surface area contributed by atoms with Gasteiger partial charge in [0.2, 0.25) is 5.91 Å². The van der Waals surface area contributed by atoms with Gasteiger partial charge in [0.1, 0.15) is 0 Å². The summed E-state index contributed by atoms with van der Waals surface area (Å²) in [6.07, 6.45) is 1.05. The van der Waals surface area contributed by atoms with Gasteiger partial charge in [-0.3, -0.25) is 4.79 Å². The first-order valence-electron chi connectivity index (χ1n) is 8.83. The molecule has 0 saturated heterocycles. The molecule has 0 aromatic heterocycles. The van der Waals surface area contributed by atoms with Crippen molar-refractivity contribution in [3.63, 3.8) is 0 Å². The Balaban J connectivity index is 1.60. The summed E-state index contributed by atoms with van der Waals surface area (Å²) < 4.78 is 0. The third-order valence-corrected chi connectivity index (χ3v) is 4.51. The molecule has 3 aromatic rings. The van der Waals surface area contributed by atoms with Gasteiger partial charge in [0.05, 0.1) is 0 Å². The second-order valence-corrected chi connectivity index (χ2v) is 6.62. The highest BCUT2D eigenvalue weighted by atomic mass is 16.1. The Morgan fingerprint density at radius 1 is 0.846 bits per heavy atom. The van der Waals surface area contributed by atoms with Gasteiger partial charge < -0.3 is 10.6 Å². The van der Waals surface area contributed by atoms with E-state index >= 15 is 0 Å². The summed E-state index contributed by atoms with van der Waals surface area (Å²) in [5.41, 5.74) is 10.6. The SMILES string of the molecule is CN(CCc1ccccc1)Cc1ccc(-c2cccc(C(N)=O)c2)cc1. The Bertz CT molecular complexity index is 857. The molecule has 0 atom stereocenters. The molecule has 0 aliphatic rings. The van der Waals surface area contributed by atoms with Crippen LogP contribution < -0.4 is 5.73 Å². The molecule has 0 heterocycles. The van der Waals surface area contributed by atoms with Crippen LogP contribution in [0.2, 0.25) is 0 Å². The third kappa shape index (κ3) is 4.80. The van der Waals surface area contributed by atoms with Gasteiger partial charge in [0.25, 0.3) is 0 Å². The number of amides is 1. The summed E-state index contributed by atoms with van der Waals surface area (Å²) in [5, 5.41) is 0. The number of rotatable bonds is 7. The number of nitrogens with two attached hydrogens (primary N) is 1. The van der Waals surface area contributed by atoms with Crippen molar-refractivity contribution in [3.8, 4) is 11.1 Å². The first-order chi connectivity index (χ1) is 12.6. The quantitative estimate of drug-likeness (QED) is 0.700. The molecule has 0 fully saturated rings. The molecule has 0 bridgehead atoms. The molecule has 0 radical (unpaired) electrons. The molecule has 3 aromatic carbocycles. The zero-order valence-electron chi connectivity index (χ0n) is 15.1. The minimum atomic E-state index is -0.400. The van der Waals surface area contributed by atoms with E-state index in [2.05, 4.69) is 60.5 Å². The van der Waals surface area contributed by atoms with Gasteiger partial charge in [-0.2, -0.15) is 0 Å². The smallest absolute Gasteiger partial charge is 0.248 e. The summed E-state index contributed by atoms with van der Waals surface area (Å²) in [5.74, 6) is -0.400. The average Bonchev–Trinajstić information content (AvgIpc) is 2.68. The summed E-state index contributed by atoms with van der Waals surface area (Å²) >= 11 is 0. The van der Waals surface area contributed by atoms with Crippen LogP contribution in [0, 0.1) is 0 Å². The molecular formula is C23H24N2O. The number of nitrogens with zero attached hydrogens (tertiary/aromatic N) is 1. The Labute approximate surface area is 155 Å². The molecule has 3 nitrogen and oxygen atoms in total. The number of carbonyl (C=O) groups is 1. The fourth-order valence-electron chi connectivity index (χ4n) is 3.01. The van der Waals surface area contributed by atoms with Crippen LogP contribution in [0.1, 0.15) is 21.5 Å². The van der Waals surface area contributed by atoms with E-state index in [9.17, 15) is 4.79 Å². The molecule has 0 spiro atoms. The van der Waals surface area contributed by atoms with Crippen LogP contribution in [0.25, 0.3) is 11.1 Å². The average molecular weight is 344 g/mol. The van der Waals surface area contributed by atoms with Gasteiger partial charge in [-0.25, -0.2) is 0 Å². The zero-order chi connectivity index (χ0) is 18.4. The maximum absolute atomic E-state index is 11.3. The van der Waals surface area contributed by atoms with Gasteiger partial charge in [-0.05, 0) is 47.9 Å². The van der Waals surface area contributed by atoms with Crippen LogP contribution in [0.15, 0.2) is 78.9 Å². The number of carbonyl (C=O) groups excluding carboxylic acids is 1. The molecule has 26 heavy (non-hydrogen) atoms. The lowest BCUT2D eigenvalue weighted by Gasteiger charge is -2.17. The van der Waals surface area contributed by atoms with Crippen LogP contribution >= 0.6 is 0 Å². The largest absolute Gasteiger partial charge is 0.366 e. The fraction of sp³-hybridized carbons (Fsp3) is 0.174. The second-order valence-electron chi connectivity index (χ2n) is 6.62. The summed E-state index contributed by atoms with van der Waals surface area (Å²) in [6.45, 7) is 1.93. The van der Waals surface area contributed by atoms with E-state index in [1.54, 1.807) is 6.07 Å². The van der Waals surface area contributed by atoms with E-state index in [1.165, 1.54) is 11.1 Å². The first kappa shape index (κ1) is 17.9. The monoisotopic (exact) mass is 344 g/mol. The van der Waals surface area contributed by atoms with Crippen LogP contribution in [0.3, 0.4) is 0 Å². The zero-order valence-corrected chi connectivity index (χ0v) is 15.1. The number of hydrogen-bond acceptors (Lipinski definition) is 2. The molecule has 3 heteroatoms. The molecule has 0 saturated carbocycles. The maximum Gasteiger partial charge on any atom is 0.248 e. The molecular weight excluding hydrogens is 320 g/mol. The molecule has 132 valence electrons. The summed E-state index contributed by atoms with van der Waals surface area (Å²) in [4.78, 5) is 13.7. The van der Waals surface area contributed by atoms with E-state index in [-0.39, 0.29) is 0 Å². The first-order valence-corrected chi connectivity index (χ1v) is 8.83. The van der Waals surface area contributed by atoms with Crippen LogP contribution in [0.4, 0.5) is 0 Å². The van der Waals surface area contributed by atoms with Crippen molar-refractivity contribution < 1.29 is 4.79 Å². The van der Waals surface area contributed by atoms with Crippen LogP contribution in [-0.4, -0.2) is 24.4 Å². The van der Waals surface area contributed by atoms with Crippen molar-refractivity contribution in [2.24, 2.45) is 5.73 Å². The summed E-state index contributed by atoms with van der Waals surface area (Å²) in [6, 6.07) is 26.5. The Morgan fingerprint density at radius 2 is 1.58 bits per heavy atom. The van der Waals surface area contributed by atoms with E-state index in [0.717, 1.165) is 30.6 Å². The summed E-state index contributed by atoms with van der Waals surface area (Å²) in [7, 11) is 2.15. The van der Waals surface area contributed by atoms with E-state index < -0.39 is 5.91 Å². The van der Waals surface area contributed by atoms with Gasteiger partial charge in [-0.1, -0.05) is 66.7 Å². The van der Waals surface area contributed by atoms with Gasteiger partial charge in [0, 0.05) is 18.7 Å². The van der Waals surface area contributed by atoms with Crippen LogP contribution in [0.5, 0.6) is 0 Å². The van der Waals surface area contributed by atoms with Gasteiger partial charge >= 0.3 is 0 Å². The minimum Gasteiger partial charge on any atom is -0.366 e. The topological polar surface area (TPSA) is 46.3 Å². The van der Waals surface area contributed by atoms with Crippen molar-refractivity contribution in [3.05, 3.63) is 95.6 Å². The van der Waals surface area contributed by atoms with Crippen LogP contribution in [-0.2, 0) is 13.0 Å². The lowest BCUT2D eigenvalue weighted by Crippen LogP contribution is -2.20. The number of benzene rings is 3. The molecule has 3 rings (SSSR count). The number of hydrogen-bond donors (Lipinski definition) is 1. The van der Waals surface area contributed by atoms with Crippen molar-refractivity contribution >= 4 is 5.91 Å². The molecule has 0 unspecified atom stereocenters. The normalized spacial score (nSPS) is 10.8. The second kappa shape index (κ2) is 8.45. The van der Waals surface area contributed by atoms with Crippen molar-refractivity contribution in [1.82, 2.24) is 4.90 Å². The number of likely N-dealkylation sites (N-methyl/N-ethyl adjacent to an activating group) is 1. The Morgan fingerprint density at radius 3 is 2.27 bits per heavy atom. The van der Waals surface area contributed by atoms with E-state index in [1.807, 2.05) is 24.3 Å². The fourth-order valence-corrected chi connectivity index (χ4v) is 3.01. The third-order valence-electron chi connectivity index (χ3n) is 4.51. The standard InChI is InChI=1S/C23H24N2O/c1-25(15-14-18-6-3-2-4-7-18)17-19-10-12-20(13-11-19)21-8-5-9-22(16-21)23(24)26/h2-13,16H,14-15,17H2,1H3,(H2,24,26). The lowest BCUT2D eigenvalue weighted by molar-refractivity contribution is 0.100. The van der Waals surface area contributed by atoms with Crippen molar-refractivity contribution in [2.75, 3.05) is 13.6 Å². The lowest BCUT2D eigenvalue weighted by atomic mass is 10.0. The Hall–Kier alpha value is -2.91. The Kier molecular flexibility index (Phi) is 5.82. The molecule has 0 aliphatic carbocycles. The highest BCUT2D eigenvalue weighted by Crippen LogP contribution is 2.21. The highest BCUT2D eigenvalue weighted by molar-refractivity contribution is 5.94. The predicted molar refractivity (Wildman–Crippen MR) is 107 cm³/mol. The number of primary amides is 1.